The molecular weight excluding hydrogens is 230 g/mol. The summed E-state index contributed by atoms with van der Waals surface area (Å²) in [6, 6.07) is 1.69. The van der Waals surface area contributed by atoms with Crippen molar-refractivity contribution < 1.29 is 4.79 Å². The Morgan fingerprint density at radius 3 is 3.06 bits per heavy atom. The van der Waals surface area contributed by atoms with Crippen LogP contribution >= 0.6 is 0 Å². The zero-order chi connectivity index (χ0) is 13.1. The molecule has 0 bridgehead atoms. The molecule has 0 atom stereocenters. The molecule has 1 aliphatic heterocycles. The van der Waals surface area contributed by atoms with Crippen LogP contribution in [0.4, 0.5) is 0 Å². The molecule has 5 heteroatoms. The monoisotopic (exact) mass is 249 g/mol. The third kappa shape index (κ3) is 2.98. The molecule has 0 saturated carbocycles. The maximum absolute atomic E-state index is 11.7. The maximum Gasteiger partial charge on any atom is 0.234 e. The Morgan fingerprint density at radius 2 is 2.33 bits per heavy atom. The zero-order valence-electron chi connectivity index (χ0n) is 10.8. The van der Waals surface area contributed by atoms with Gasteiger partial charge in [-0.1, -0.05) is 0 Å². The molecule has 0 unspecified atom stereocenters. The van der Waals surface area contributed by atoms with Gasteiger partial charge in [0, 0.05) is 49.1 Å². The number of carbonyl (C=O) groups excluding carboxylic acids is 1. The molecule has 0 saturated heterocycles. The highest BCUT2D eigenvalue weighted by atomic mass is 16.2. The summed E-state index contributed by atoms with van der Waals surface area (Å²) in [5.74, 6) is 0.0146. The lowest BCUT2D eigenvalue weighted by atomic mass is 10.1. The summed E-state index contributed by atoms with van der Waals surface area (Å²) in [6.07, 6.45) is 2.47. The highest BCUT2D eigenvalue weighted by Gasteiger charge is 2.20. The van der Waals surface area contributed by atoms with Crippen LogP contribution in [-0.2, 0) is 17.8 Å². The van der Waals surface area contributed by atoms with Crippen LogP contribution in [0.3, 0.4) is 0 Å². The average Bonchev–Trinajstić information content (AvgIpc) is 2.29. The first-order chi connectivity index (χ1) is 8.56. The highest BCUT2D eigenvalue weighted by molar-refractivity contribution is 5.78. The van der Waals surface area contributed by atoms with Gasteiger partial charge in [-0.2, -0.15) is 0 Å². The lowest BCUT2D eigenvalue weighted by Crippen LogP contribution is -2.43. The standard InChI is InChI=1S/C13H19N3O2/c1-9(2)15-13(18)8-16-6-4-11-10(7-16)12(17)3-5-14-11/h3,5,9H,4,6-8H2,1-2H3,(H,14,17)(H,15,18). The molecular formula is C13H19N3O2. The molecule has 0 aliphatic carbocycles. The third-order valence-electron chi connectivity index (χ3n) is 3.03. The predicted octanol–water partition coefficient (Wildman–Crippen LogP) is 0.258. The van der Waals surface area contributed by atoms with Crippen molar-refractivity contribution >= 4 is 5.91 Å². The summed E-state index contributed by atoms with van der Waals surface area (Å²) < 4.78 is 0. The van der Waals surface area contributed by atoms with E-state index in [1.54, 1.807) is 6.20 Å². The average molecular weight is 249 g/mol. The summed E-state index contributed by atoms with van der Waals surface area (Å²) in [4.78, 5) is 28.5. The van der Waals surface area contributed by atoms with E-state index in [2.05, 4.69) is 10.3 Å². The number of nitrogens with one attached hydrogen (secondary N) is 2. The zero-order valence-corrected chi connectivity index (χ0v) is 10.8. The molecule has 1 aromatic rings. The van der Waals surface area contributed by atoms with Crippen LogP contribution in [0.1, 0.15) is 25.1 Å². The molecule has 0 radical (unpaired) electrons. The van der Waals surface area contributed by atoms with Gasteiger partial charge in [0.2, 0.25) is 5.91 Å². The number of aromatic amines is 1. The highest BCUT2D eigenvalue weighted by Crippen LogP contribution is 2.12. The third-order valence-corrected chi connectivity index (χ3v) is 3.03. The Morgan fingerprint density at radius 1 is 1.56 bits per heavy atom. The fourth-order valence-corrected chi connectivity index (χ4v) is 2.23. The van der Waals surface area contributed by atoms with Crippen molar-refractivity contribution in [3.63, 3.8) is 0 Å². The van der Waals surface area contributed by atoms with Gasteiger partial charge in [0.05, 0.1) is 6.54 Å². The van der Waals surface area contributed by atoms with E-state index in [0.717, 1.165) is 24.2 Å². The van der Waals surface area contributed by atoms with Crippen molar-refractivity contribution in [3.05, 3.63) is 33.7 Å². The van der Waals surface area contributed by atoms with E-state index in [1.165, 1.54) is 6.07 Å². The summed E-state index contributed by atoms with van der Waals surface area (Å²) in [6.45, 7) is 5.59. The number of hydrogen-bond donors (Lipinski definition) is 2. The fraction of sp³-hybridized carbons (Fsp3) is 0.538. The van der Waals surface area contributed by atoms with E-state index in [9.17, 15) is 9.59 Å². The maximum atomic E-state index is 11.7. The van der Waals surface area contributed by atoms with E-state index >= 15 is 0 Å². The minimum absolute atomic E-state index is 0.0146. The number of rotatable bonds is 3. The van der Waals surface area contributed by atoms with Crippen LogP contribution in [0.15, 0.2) is 17.1 Å². The number of pyridine rings is 1. The van der Waals surface area contributed by atoms with Crippen LogP contribution in [0.25, 0.3) is 0 Å². The van der Waals surface area contributed by atoms with E-state index in [1.807, 2.05) is 18.7 Å². The minimum Gasteiger partial charge on any atom is -0.364 e. The molecule has 2 N–H and O–H groups in total. The minimum atomic E-state index is 0.0146. The van der Waals surface area contributed by atoms with Crippen LogP contribution in [-0.4, -0.2) is 34.9 Å². The lowest BCUT2D eigenvalue weighted by Gasteiger charge is -2.27. The van der Waals surface area contributed by atoms with Crippen molar-refractivity contribution in [2.45, 2.75) is 32.9 Å². The Labute approximate surface area is 106 Å². The molecule has 2 rings (SSSR count). The van der Waals surface area contributed by atoms with E-state index < -0.39 is 0 Å². The first-order valence-corrected chi connectivity index (χ1v) is 6.27. The van der Waals surface area contributed by atoms with Crippen molar-refractivity contribution in [2.75, 3.05) is 13.1 Å². The number of amides is 1. The Hall–Kier alpha value is -1.62. The predicted molar refractivity (Wildman–Crippen MR) is 69.3 cm³/mol. The van der Waals surface area contributed by atoms with Crippen molar-refractivity contribution in [2.24, 2.45) is 0 Å². The fourth-order valence-electron chi connectivity index (χ4n) is 2.23. The van der Waals surface area contributed by atoms with Gasteiger partial charge in [0.15, 0.2) is 5.43 Å². The first kappa shape index (κ1) is 12.8. The largest absolute Gasteiger partial charge is 0.364 e. The van der Waals surface area contributed by atoms with Crippen LogP contribution in [0.5, 0.6) is 0 Å². The van der Waals surface area contributed by atoms with Gasteiger partial charge in [-0.3, -0.25) is 14.5 Å². The van der Waals surface area contributed by atoms with Gasteiger partial charge in [-0.05, 0) is 13.8 Å². The number of nitrogens with zero attached hydrogens (tertiary/aromatic N) is 1. The molecule has 2 heterocycles. The second-order valence-corrected chi connectivity index (χ2v) is 4.98. The SMILES string of the molecule is CC(C)NC(=O)CN1CCc2[nH]ccc(=O)c2C1. The quantitative estimate of drug-likeness (QED) is 0.807. The summed E-state index contributed by atoms with van der Waals surface area (Å²) in [7, 11) is 0. The molecule has 18 heavy (non-hydrogen) atoms. The number of carbonyl (C=O) groups is 1. The van der Waals surface area contributed by atoms with Crippen molar-refractivity contribution in [3.8, 4) is 0 Å². The Bertz CT molecular complexity index is 493. The van der Waals surface area contributed by atoms with Gasteiger partial charge in [-0.25, -0.2) is 0 Å². The van der Waals surface area contributed by atoms with Gasteiger partial charge >= 0.3 is 0 Å². The summed E-state index contributed by atoms with van der Waals surface area (Å²) in [5, 5.41) is 2.86. The topological polar surface area (TPSA) is 65.2 Å². The van der Waals surface area contributed by atoms with E-state index in [-0.39, 0.29) is 17.4 Å². The van der Waals surface area contributed by atoms with Crippen LogP contribution < -0.4 is 10.7 Å². The molecule has 0 fully saturated rings. The van der Waals surface area contributed by atoms with Gasteiger partial charge in [-0.15, -0.1) is 0 Å². The molecule has 1 aliphatic rings. The van der Waals surface area contributed by atoms with Crippen LogP contribution in [0, 0.1) is 0 Å². The molecule has 1 aromatic heterocycles. The van der Waals surface area contributed by atoms with E-state index in [0.29, 0.717) is 13.1 Å². The molecule has 5 nitrogen and oxygen atoms in total. The van der Waals surface area contributed by atoms with Crippen molar-refractivity contribution in [1.82, 2.24) is 15.2 Å². The normalized spacial score (nSPS) is 15.5. The summed E-state index contributed by atoms with van der Waals surface area (Å²) in [5.41, 5.74) is 1.85. The molecule has 1 amide bonds. The second kappa shape index (κ2) is 5.35. The lowest BCUT2D eigenvalue weighted by molar-refractivity contribution is -0.122. The molecule has 0 spiro atoms. The van der Waals surface area contributed by atoms with E-state index in [4.69, 9.17) is 0 Å². The number of H-pyrrole nitrogens is 1. The molecule has 98 valence electrons. The van der Waals surface area contributed by atoms with Crippen LogP contribution in [0.2, 0.25) is 0 Å². The van der Waals surface area contributed by atoms with Gasteiger partial charge in [0.25, 0.3) is 0 Å². The second-order valence-electron chi connectivity index (χ2n) is 4.98. The number of aromatic nitrogens is 1. The summed E-state index contributed by atoms with van der Waals surface area (Å²) >= 11 is 0. The van der Waals surface area contributed by atoms with Crippen molar-refractivity contribution in [1.29, 1.82) is 0 Å². The Balaban J connectivity index is 2.02. The van der Waals surface area contributed by atoms with Gasteiger partial charge in [0.1, 0.15) is 0 Å². The first-order valence-electron chi connectivity index (χ1n) is 6.27. The van der Waals surface area contributed by atoms with Gasteiger partial charge < -0.3 is 10.3 Å². The number of fused-ring (bicyclic) bond motifs is 1. The smallest absolute Gasteiger partial charge is 0.234 e. The molecule has 0 aromatic carbocycles. The Kier molecular flexibility index (Phi) is 3.81. The number of hydrogen-bond acceptors (Lipinski definition) is 3.